The number of carboxylic acids is 1. The van der Waals surface area contributed by atoms with Crippen LogP contribution in [0.15, 0.2) is 30.3 Å². The van der Waals surface area contributed by atoms with Crippen molar-refractivity contribution in [3.05, 3.63) is 35.9 Å². The monoisotopic (exact) mass is 262 g/mol. The van der Waals surface area contributed by atoms with Crippen LogP contribution in [-0.4, -0.2) is 22.5 Å². The Morgan fingerprint density at radius 1 is 1.32 bits per heavy atom. The molecule has 19 heavy (non-hydrogen) atoms. The third-order valence-electron chi connectivity index (χ3n) is 3.84. The average Bonchev–Trinajstić information content (AvgIpc) is 2.36. The fraction of sp³-hybridized carbons (Fsp3) is 0.429. The van der Waals surface area contributed by atoms with E-state index in [1.165, 1.54) is 6.92 Å². The Hall–Kier alpha value is -1.88. The van der Waals surface area contributed by atoms with Crippen LogP contribution in [0.4, 0.5) is 0 Å². The first-order chi connectivity index (χ1) is 8.88. The molecule has 5 heteroatoms. The summed E-state index contributed by atoms with van der Waals surface area (Å²) in [6.07, 6.45) is 2.10. The second-order valence-corrected chi connectivity index (χ2v) is 5.26. The number of nitrogens with one attached hydrogen (secondary N) is 1. The molecule has 0 saturated heterocycles. The summed E-state index contributed by atoms with van der Waals surface area (Å²) in [5, 5.41) is 12.0. The van der Waals surface area contributed by atoms with Gasteiger partial charge in [-0.2, -0.15) is 0 Å². The Bertz CT molecular complexity index is 497. The summed E-state index contributed by atoms with van der Waals surface area (Å²) >= 11 is 0. The minimum Gasteiger partial charge on any atom is -0.479 e. The topological polar surface area (TPSA) is 92.4 Å². The zero-order chi connectivity index (χ0) is 14.1. The van der Waals surface area contributed by atoms with E-state index in [-0.39, 0.29) is 0 Å². The highest BCUT2D eigenvalue weighted by Gasteiger charge is 2.45. The maximum absolute atomic E-state index is 12.1. The molecule has 1 aliphatic carbocycles. The van der Waals surface area contributed by atoms with Gasteiger partial charge in [0.25, 0.3) is 0 Å². The van der Waals surface area contributed by atoms with Gasteiger partial charge in [-0.15, -0.1) is 0 Å². The number of benzene rings is 1. The third kappa shape index (κ3) is 2.33. The molecule has 0 radical (unpaired) electrons. The standard InChI is InChI=1S/C14H18N2O3/c1-13(12(18)19,10-6-3-2-4-7-10)16-11(17)14(15)8-5-9-14/h2-4,6-7H,5,8-9,15H2,1H3,(H,16,17)(H,18,19). The van der Waals surface area contributed by atoms with Gasteiger partial charge in [0.2, 0.25) is 5.91 Å². The van der Waals surface area contributed by atoms with Crippen LogP contribution in [-0.2, 0) is 15.1 Å². The predicted molar refractivity (Wildman–Crippen MR) is 70.3 cm³/mol. The number of hydrogen-bond acceptors (Lipinski definition) is 3. The van der Waals surface area contributed by atoms with Gasteiger partial charge in [0, 0.05) is 0 Å². The average molecular weight is 262 g/mol. The summed E-state index contributed by atoms with van der Waals surface area (Å²) in [7, 11) is 0. The van der Waals surface area contributed by atoms with E-state index < -0.39 is 23.0 Å². The van der Waals surface area contributed by atoms with Crippen LogP contribution in [0.3, 0.4) is 0 Å². The number of nitrogens with two attached hydrogens (primary N) is 1. The molecule has 0 aromatic heterocycles. The van der Waals surface area contributed by atoms with Gasteiger partial charge in [-0.3, -0.25) is 4.79 Å². The summed E-state index contributed by atoms with van der Waals surface area (Å²) in [5.74, 6) is -1.50. The van der Waals surface area contributed by atoms with E-state index in [1.807, 2.05) is 0 Å². The molecule has 0 heterocycles. The number of carbonyl (C=O) groups is 2. The van der Waals surface area contributed by atoms with E-state index in [9.17, 15) is 14.7 Å². The van der Waals surface area contributed by atoms with E-state index in [4.69, 9.17) is 5.73 Å². The zero-order valence-corrected chi connectivity index (χ0v) is 10.8. The van der Waals surface area contributed by atoms with Gasteiger partial charge in [0.15, 0.2) is 5.54 Å². The van der Waals surface area contributed by atoms with Crippen molar-refractivity contribution in [2.24, 2.45) is 5.73 Å². The first-order valence-electron chi connectivity index (χ1n) is 6.29. The van der Waals surface area contributed by atoms with Gasteiger partial charge < -0.3 is 16.2 Å². The summed E-state index contributed by atoms with van der Waals surface area (Å²) in [4.78, 5) is 23.7. The molecule has 1 aromatic rings. The number of hydrogen-bond donors (Lipinski definition) is 3. The highest BCUT2D eigenvalue weighted by atomic mass is 16.4. The van der Waals surface area contributed by atoms with Crippen LogP contribution in [0.5, 0.6) is 0 Å². The maximum atomic E-state index is 12.1. The fourth-order valence-corrected chi connectivity index (χ4v) is 2.16. The molecule has 0 spiro atoms. The van der Waals surface area contributed by atoms with Crippen LogP contribution >= 0.6 is 0 Å². The number of carboxylic acid groups (broad SMARTS) is 1. The second-order valence-electron chi connectivity index (χ2n) is 5.26. The minimum atomic E-state index is -1.46. The molecule has 1 unspecified atom stereocenters. The largest absolute Gasteiger partial charge is 0.479 e. The lowest BCUT2D eigenvalue weighted by molar-refractivity contribution is -0.149. The smallest absolute Gasteiger partial charge is 0.333 e. The fourth-order valence-electron chi connectivity index (χ4n) is 2.16. The molecule has 1 atom stereocenters. The molecule has 0 bridgehead atoms. The van der Waals surface area contributed by atoms with Crippen molar-refractivity contribution in [2.45, 2.75) is 37.3 Å². The normalized spacial score (nSPS) is 19.9. The molecule has 102 valence electrons. The Labute approximate surface area is 111 Å². The highest BCUT2D eigenvalue weighted by Crippen LogP contribution is 2.31. The van der Waals surface area contributed by atoms with Gasteiger partial charge in [-0.25, -0.2) is 4.79 Å². The number of carbonyl (C=O) groups excluding carboxylic acids is 1. The maximum Gasteiger partial charge on any atom is 0.333 e. The molecule has 1 aromatic carbocycles. The van der Waals surface area contributed by atoms with E-state index in [0.29, 0.717) is 18.4 Å². The second kappa shape index (κ2) is 4.66. The molecular weight excluding hydrogens is 244 g/mol. The van der Waals surface area contributed by atoms with E-state index in [2.05, 4.69) is 5.32 Å². The third-order valence-corrected chi connectivity index (χ3v) is 3.84. The molecule has 2 rings (SSSR count). The molecule has 5 nitrogen and oxygen atoms in total. The lowest BCUT2D eigenvalue weighted by atomic mass is 9.76. The summed E-state index contributed by atoms with van der Waals surface area (Å²) in [6, 6.07) is 8.63. The van der Waals surface area contributed by atoms with Crippen molar-refractivity contribution in [1.82, 2.24) is 5.32 Å². The molecule has 1 aliphatic rings. The van der Waals surface area contributed by atoms with Gasteiger partial charge in [0.1, 0.15) is 0 Å². The molecule has 1 fully saturated rings. The first-order valence-corrected chi connectivity index (χ1v) is 6.29. The van der Waals surface area contributed by atoms with Gasteiger partial charge in [0.05, 0.1) is 5.54 Å². The van der Waals surface area contributed by atoms with Gasteiger partial charge >= 0.3 is 5.97 Å². The predicted octanol–water partition coefficient (Wildman–Crippen LogP) is 0.984. The Kier molecular flexibility index (Phi) is 3.32. The van der Waals surface area contributed by atoms with E-state index in [0.717, 1.165) is 6.42 Å². The van der Waals surface area contributed by atoms with Gasteiger partial charge in [-0.05, 0) is 31.7 Å². The van der Waals surface area contributed by atoms with Crippen molar-refractivity contribution < 1.29 is 14.7 Å². The summed E-state index contributed by atoms with van der Waals surface area (Å²) in [5.41, 5.74) is 4.08. The molecule has 1 saturated carbocycles. The lowest BCUT2D eigenvalue weighted by Gasteiger charge is -2.39. The lowest BCUT2D eigenvalue weighted by Crippen LogP contribution is -2.63. The Morgan fingerprint density at radius 3 is 2.32 bits per heavy atom. The van der Waals surface area contributed by atoms with Crippen molar-refractivity contribution in [2.75, 3.05) is 0 Å². The van der Waals surface area contributed by atoms with Crippen molar-refractivity contribution in [3.63, 3.8) is 0 Å². The summed E-state index contributed by atoms with van der Waals surface area (Å²) < 4.78 is 0. The van der Waals surface area contributed by atoms with E-state index >= 15 is 0 Å². The zero-order valence-electron chi connectivity index (χ0n) is 10.8. The highest BCUT2D eigenvalue weighted by molar-refractivity contribution is 5.93. The Balaban J connectivity index is 2.26. The van der Waals surface area contributed by atoms with Gasteiger partial charge in [-0.1, -0.05) is 30.3 Å². The van der Waals surface area contributed by atoms with Crippen LogP contribution < -0.4 is 11.1 Å². The number of rotatable bonds is 4. The van der Waals surface area contributed by atoms with Crippen molar-refractivity contribution in [1.29, 1.82) is 0 Å². The quantitative estimate of drug-likeness (QED) is 0.754. The van der Waals surface area contributed by atoms with Crippen LogP contribution in [0.2, 0.25) is 0 Å². The number of amides is 1. The molecular formula is C14H18N2O3. The van der Waals surface area contributed by atoms with Crippen molar-refractivity contribution >= 4 is 11.9 Å². The van der Waals surface area contributed by atoms with Crippen LogP contribution in [0.1, 0.15) is 31.7 Å². The summed E-state index contributed by atoms with van der Waals surface area (Å²) in [6.45, 7) is 1.48. The van der Waals surface area contributed by atoms with Crippen molar-refractivity contribution in [3.8, 4) is 0 Å². The van der Waals surface area contributed by atoms with E-state index in [1.54, 1.807) is 30.3 Å². The molecule has 4 N–H and O–H groups in total. The molecule has 0 aliphatic heterocycles. The Morgan fingerprint density at radius 2 is 1.89 bits per heavy atom. The van der Waals surface area contributed by atoms with Crippen LogP contribution in [0, 0.1) is 0 Å². The SMILES string of the molecule is CC(NC(=O)C1(N)CCC1)(C(=O)O)c1ccccc1. The first kappa shape index (κ1) is 13.5. The molecule has 1 amide bonds. The number of aliphatic carboxylic acids is 1. The minimum absolute atomic E-state index is 0.396. The van der Waals surface area contributed by atoms with Crippen LogP contribution in [0.25, 0.3) is 0 Å².